The highest BCUT2D eigenvalue weighted by Crippen LogP contribution is 2.31. The Morgan fingerprint density at radius 1 is 1.17 bits per heavy atom. The van der Waals surface area contributed by atoms with Crippen LogP contribution in [0.2, 0.25) is 0 Å². The fourth-order valence-corrected chi connectivity index (χ4v) is 4.52. The molecular weight excluding hydrogens is 360 g/mol. The molecule has 2 aliphatic heterocycles. The van der Waals surface area contributed by atoms with E-state index in [1.807, 2.05) is 6.07 Å². The quantitative estimate of drug-likeness (QED) is 0.770. The summed E-state index contributed by atoms with van der Waals surface area (Å²) in [5, 5.41) is 3.23. The second kappa shape index (κ2) is 9.00. The van der Waals surface area contributed by atoms with Crippen LogP contribution in [-0.4, -0.2) is 36.5 Å². The van der Waals surface area contributed by atoms with E-state index < -0.39 is 0 Å². The number of hydrogen-bond donors (Lipinski definition) is 1. The molecule has 1 amide bonds. The van der Waals surface area contributed by atoms with Gasteiger partial charge in [-0.2, -0.15) is 0 Å². The number of carbonyl (C=O) groups excluding carboxylic acids is 1. The normalized spacial score (nSPS) is 18.1. The third kappa shape index (κ3) is 4.32. The second-order valence-electron chi connectivity index (χ2n) is 8.24. The van der Waals surface area contributed by atoms with Crippen LogP contribution in [0, 0.1) is 0 Å². The molecule has 0 aliphatic carbocycles. The van der Waals surface area contributed by atoms with E-state index in [9.17, 15) is 4.79 Å². The second-order valence-corrected chi connectivity index (χ2v) is 8.24. The van der Waals surface area contributed by atoms with E-state index in [2.05, 4.69) is 54.4 Å². The van der Waals surface area contributed by atoms with E-state index in [1.54, 1.807) is 0 Å². The van der Waals surface area contributed by atoms with E-state index in [-0.39, 0.29) is 5.91 Å². The molecule has 1 N–H and O–H groups in total. The predicted octanol–water partition coefficient (Wildman–Crippen LogP) is 4.14. The first-order valence-corrected chi connectivity index (χ1v) is 11.1. The molecule has 29 heavy (non-hydrogen) atoms. The summed E-state index contributed by atoms with van der Waals surface area (Å²) < 4.78 is 5.79. The van der Waals surface area contributed by atoms with Crippen molar-refractivity contribution in [3.8, 4) is 5.75 Å². The van der Waals surface area contributed by atoms with Gasteiger partial charge in [-0.25, -0.2) is 0 Å². The summed E-state index contributed by atoms with van der Waals surface area (Å²) >= 11 is 0. The van der Waals surface area contributed by atoms with Crippen LogP contribution in [0.5, 0.6) is 5.75 Å². The van der Waals surface area contributed by atoms with Crippen molar-refractivity contribution < 1.29 is 9.53 Å². The topological polar surface area (TPSA) is 41.6 Å². The fraction of sp³-hybridized carbons (Fsp3) is 0.480. The minimum absolute atomic E-state index is 0.00671. The van der Waals surface area contributed by atoms with Gasteiger partial charge in [-0.15, -0.1) is 0 Å². The number of carbonyl (C=O) groups is 1. The van der Waals surface area contributed by atoms with Gasteiger partial charge in [0.15, 0.2) is 0 Å². The maximum Gasteiger partial charge on any atom is 0.255 e. The van der Waals surface area contributed by atoms with Crippen molar-refractivity contribution in [2.24, 2.45) is 0 Å². The number of fused-ring (bicyclic) bond motifs is 2. The lowest BCUT2D eigenvalue weighted by molar-refractivity contribution is 0.0921. The highest BCUT2D eigenvalue weighted by Gasteiger charge is 2.27. The van der Waals surface area contributed by atoms with Gasteiger partial charge in [-0.1, -0.05) is 50.6 Å². The molecule has 1 atom stereocenters. The van der Waals surface area contributed by atoms with Crippen LogP contribution in [0.1, 0.15) is 59.3 Å². The lowest BCUT2D eigenvalue weighted by atomic mass is 9.93. The Bertz CT molecular complexity index is 877. The van der Waals surface area contributed by atoms with Crippen molar-refractivity contribution in [3.05, 3.63) is 64.2 Å². The number of unbranched alkanes of at least 4 members (excludes halogenated alkanes) is 1. The zero-order valence-corrected chi connectivity index (χ0v) is 17.7. The minimum Gasteiger partial charge on any atom is -0.492 e. The van der Waals surface area contributed by atoms with Gasteiger partial charge in [0.25, 0.3) is 5.91 Å². The van der Waals surface area contributed by atoms with Crippen LogP contribution >= 0.6 is 0 Å². The Balaban J connectivity index is 1.49. The number of nitrogens with zero attached hydrogens (tertiary/aromatic N) is 1. The van der Waals surface area contributed by atoms with E-state index in [4.69, 9.17) is 4.74 Å². The average Bonchev–Trinajstić information content (AvgIpc) is 3.23. The van der Waals surface area contributed by atoms with Gasteiger partial charge in [0, 0.05) is 25.6 Å². The molecule has 4 heteroatoms. The van der Waals surface area contributed by atoms with Crippen molar-refractivity contribution >= 4 is 5.91 Å². The van der Waals surface area contributed by atoms with Gasteiger partial charge in [0.05, 0.1) is 12.2 Å². The Morgan fingerprint density at radius 3 is 2.79 bits per heavy atom. The molecule has 0 bridgehead atoms. The van der Waals surface area contributed by atoms with Crippen LogP contribution in [0.4, 0.5) is 0 Å². The van der Waals surface area contributed by atoms with Gasteiger partial charge in [-0.05, 0) is 54.1 Å². The summed E-state index contributed by atoms with van der Waals surface area (Å²) in [5.41, 5.74) is 5.92. The van der Waals surface area contributed by atoms with E-state index in [0.717, 1.165) is 38.1 Å². The fourth-order valence-electron chi connectivity index (χ4n) is 4.52. The lowest BCUT2D eigenvalue weighted by Crippen LogP contribution is -2.47. The Hall–Kier alpha value is -2.33. The molecule has 0 radical (unpaired) electrons. The van der Waals surface area contributed by atoms with Crippen LogP contribution in [-0.2, 0) is 25.8 Å². The highest BCUT2D eigenvalue weighted by molar-refractivity contribution is 5.97. The molecule has 0 saturated carbocycles. The zero-order valence-electron chi connectivity index (χ0n) is 17.7. The van der Waals surface area contributed by atoms with Crippen LogP contribution in [0.3, 0.4) is 0 Å². The SMILES string of the molecule is CCCCN1Cc2ccccc2C[C@H]1CNC(=O)c1cc(CC)cc2c1OCC2. The molecule has 0 fully saturated rings. The Labute approximate surface area is 174 Å². The summed E-state index contributed by atoms with van der Waals surface area (Å²) in [4.78, 5) is 15.6. The first kappa shape index (κ1) is 20.0. The van der Waals surface area contributed by atoms with Gasteiger partial charge in [0.1, 0.15) is 5.75 Å². The number of aryl methyl sites for hydroxylation is 1. The highest BCUT2D eigenvalue weighted by atomic mass is 16.5. The smallest absolute Gasteiger partial charge is 0.255 e. The van der Waals surface area contributed by atoms with E-state index >= 15 is 0 Å². The van der Waals surface area contributed by atoms with Crippen molar-refractivity contribution in [3.63, 3.8) is 0 Å². The van der Waals surface area contributed by atoms with Gasteiger partial charge >= 0.3 is 0 Å². The molecule has 0 spiro atoms. The molecule has 2 heterocycles. The van der Waals surface area contributed by atoms with Crippen LogP contribution in [0.15, 0.2) is 36.4 Å². The molecule has 0 aromatic heterocycles. The largest absolute Gasteiger partial charge is 0.492 e. The third-order valence-electron chi connectivity index (χ3n) is 6.26. The molecule has 4 nitrogen and oxygen atoms in total. The van der Waals surface area contributed by atoms with Gasteiger partial charge in [-0.3, -0.25) is 9.69 Å². The number of hydrogen-bond acceptors (Lipinski definition) is 3. The number of ether oxygens (including phenoxy) is 1. The Morgan fingerprint density at radius 2 is 2.00 bits per heavy atom. The molecule has 2 aromatic carbocycles. The molecule has 2 aliphatic rings. The molecule has 0 unspecified atom stereocenters. The van der Waals surface area contributed by atoms with Crippen molar-refractivity contribution in [2.75, 3.05) is 19.7 Å². The minimum atomic E-state index is -0.00671. The first-order chi connectivity index (χ1) is 14.2. The third-order valence-corrected chi connectivity index (χ3v) is 6.26. The number of benzene rings is 2. The van der Waals surface area contributed by atoms with Gasteiger partial charge < -0.3 is 10.1 Å². The van der Waals surface area contributed by atoms with Crippen LogP contribution < -0.4 is 10.1 Å². The Kier molecular flexibility index (Phi) is 6.19. The summed E-state index contributed by atoms with van der Waals surface area (Å²) in [5.74, 6) is 0.782. The molecule has 154 valence electrons. The number of amides is 1. The van der Waals surface area contributed by atoms with Crippen LogP contribution in [0.25, 0.3) is 0 Å². The molecule has 4 rings (SSSR count). The molecule has 2 aromatic rings. The van der Waals surface area contributed by atoms with Crippen molar-refractivity contribution in [2.45, 2.75) is 58.5 Å². The molecular formula is C25H32N2O2. The number of nitrogens with one attached hydrogen (secondary N) is 1. The summed E-state index contributed by atoms with van der Waals surface area (Å²) in [6, 6.07) is 13.2. The van der Waals surface area contributed by atoms with Gasteiger partial charge in [0.2, 0.25) is 0 Å². The van der Waals surface area contributed by atoms with Crippen molar-refractivity contribution in [1.29, 1.82) is 0 Å². The number of rotatable bonds is 7. The van der Waals surface area contributed by atoms with Crippen molar-refractivity contribution in [1.82, 2.24) is 10.2 Å². The predicted molar refractivity (Wildman–Crippen MR) is 117 cm³/mol. The summed E-state index contributed by atoms with van der Waals surface area (Å²) in [7, 11) is 0. The lowest BCUT2D eigenvalue weighted by Gasteiger charge is -2.37. The maximum atomic E-state index is 13.1. The zero-order chi connectivity index (χ0) is 20.2. The average molecular weight is 393 g/mol. The monoisotopic (exact) mass is 392 g/mol. The molecule has 0 saturated heterocycles. The summed E-state index contributed by atoms with van der Waals surface area (Å²) in [6.45, 7) is 7.75. The van der Waals surface area contributed by atoms with E-state index in [0.29, 0.717) is 24.8 Å². The first-order valence-electron chi connectivity index (χ1n) is 11.1. The summed E-state index contributed by atoms with van der Waals surface area (Å²) in [6.07, 6.45) is 5.19. The maximum absolute atomic E-state index is 13.1. The standard InChI is InChI=1S/C25H32N2O2/c1-3-5-11-27-17-21-9-7-6-8-19(21)15-22(27)16-26-25(28)23-14-18(4-2)13-20-10-12-29-24(20)23/h6-9,13-14,22H,3-5,10-12,15-17H2,1-2H3,(H,26,28)/t22-/m0/s1. The van der Waals surface area contributed by atoms with E-state index in [1.165, 1.54) is 35.1 Å².